The minimum Gasteiger partial charge on any atom is -0.311 e. The van der Waals surface area contributed by atoms with Crippen LogP contribution in [-0.4, -0.2) is 15.5 Å². The van der Waals surface area contributed by atoms with Crippen LogP contribution in [0.15, 0.2) is 291 Å². The zero-order valence-corrected chi connectivity index (χ0v) is 45.6. The molecule has 0 spiro atoms. The first-order valence-corrected chi connectivity index (χ1v) is 29.0. The summed E-state index contributed by atoms with van der Waals surface area (Å²) in [5, 5.41) is 6.69. The van der Waals surface area contributed by atoms with E-state index < -0.39 is 0 Å². The Labute approximate surface area is 476 Å². The lowest BCUT2D eigenvalue weighted by molar-refractivity contribution is -0.00964. The molecule has 1 aliphatic carbocycles. The highest BCUT2D eigenvalue weighted by molar-refractivity contribution is 6.11. The Morgan fingerprint density at radius 3 is 1.15 bits per heavy atom. The maximum atomic E-state index is 4.26. The van der Waals surface area contributed by atoms with E-state index in [2.05, 4.69) is 316 Å². The molecule has 1 saturated heterocycles. The first-order valence-electron chi connectivity index (χ1n) is 29.0. The zero-order valence-electron chi connectivity index (χ0n) is 45.6. The molecule has 1 aliphatic heterocycles. The van der Waals surface area contributed by atoms with Gasteiger partial charge in [-0.2, -0.15) is 0 Å². The largest absolute Gasteiger partial charge is 0.311 e. The highest BCUT2D eigenvalue weighted by Gasteiger charge is 2.41. The Morgan fingerprint density at radius 2 is 0.716 bits per heavy atom. The molecule has 1 N–H and O–H groups in total. The summed E-state index contributed by atoms with van der Waals surface area (Å²) in [4.78, 5) is 7.49. The minimum atomic E-state index is 0.101. The molecule has 81 heavy (non-hydrogen) atoms. The third-order valence-corrected chi connectivity index (χ3v) is 17.1. The van der Waals surface area contributed by atoms with Crippen LogP contribution in [0.1, 0.15) is 73.5 Å². The van der Waals surface area contributed by atoms with Gasteiger partial charge in [0.25, 0.3) is 0 Å². The van der Waals surface area contributed by atoms with E-state index in [9.17, 15) is 0 Å². The lowest BCUT2D eigenvalue weighted by atomic mass is 9.84. The molecule has 0 bridgehead atoms. The van der Waals surface area contributed by atoms with Crippen molar-refractivity contribution in [2.24, 2.45) is 0 Å². The molecule has 1 aromatic heterocycles. The molecule has 12 aromatic rings. The second-order valence-electron chi connectivity index (χ2n) is 21.9. The maximum Gasteiger partial charge on any atom is 0.0873 e. The number of anilines is 6. The molecule has 11 aromatic carbocycles. The number of fused-ring (bicyclic) bond motifs is 3. The van der Waals surface area contributed by atoms with Gasteiger partial charge in [-0.3, -0.25) is 10.2 Å². The van der Waals surface area contributed by atoms with Crippen molar-refractivity contribution in [1.82, 2.24) is 14.8 Å². The van der Waals surface area contributed by atoms with Gasteiger partial charge in [-0.25, -0.2) is 0 Å². The summed E-state index contributed by atoms with van der Waals surface area (Å²) >= 11 is 0. The van der Waals surface area contributed by atoms with Crippen molar-refractivity contribution in [3.8, 4) is 27.9 Å². The molecule has 5 nitrogen and oxygen atoms in total. The summed E-state index contributed by atoms with van der Waals surface area (Å²) < 4.78 is 2.47. The first kappa shape index (κ1) is 50.0. The monoisotopic (exact) mass is 1050 g/mol. The summed E-state index contributed by atoms with van der Waals surface area (Å²) in [7, 11) is 0. The van der Waals surface area contributed by atoms with Crippen LogP contribution in [0.5, 0.6) is 0 Å². The lowest BCUT2D eigenvalue weighted by Crippen LogP contribution is -2.52. The van der Waals surface area contributed by atoms with Gasteiger partial charge in [0.1, 0.15) is 0 Å². The minimum absolute atomic E-state index is 0.101. The van der Waals surface area contributed by atoms with E-state index in [0.29, 0.717) is 6.04 Å². The number of para-hydroxylation sites is 4. The fourth-order valence-corrected chi connectivity index (χ4v) is 13.2. The van der Waals surface area contributed by atoms with Gasteiger partial charge >= 0.3 is 0 Å². The van der Waals surface area contributed by atoms with E-state index in [4.69, 9.17) is 0 Å². The van der Waals surface area contributed by atoms with Gasteiger partial charge in [0.05, 0.1) is 17.2 Å². The van der Waals surface area contributed by atoms with E-state index in [-0.39, 0.29) is 18.2 Å². The van der Waals surface area contributed by atoms with Crippen LogP contribution in [0.4, 0.5) is 34.1 Å². The number of aromatic nitrogens is 1. The average Bonchev–Trinajstić information content (AvgIpc) is 4.16. The van der Waals surface area contributed by atoms with Crippen LogP contribution in [-0.2, 0) is 0 Å². The van der Waals surface area contributed by atoms with E-state index in [1.54, 1.807) is 0 Å². The number of hydrogen-bond acceptors (Lipinski definition) is 4. The summed E-state index contributed by atoms with van der Waals surface area (Å²) in [6.07, 6.45) is 7.53. The fourth-order valence-electron chi connectivity index (χ4n) is 13.2. The molecule has 3 unspecified atom stereocenters. The van der Waals surface area contributed by atoms with Crippen LogP contribution in [0.2, 0.25) is 0 Å². The van der Waals surface area contributed by atoms with Crippen LogP contribution in [0, 0.1) is 0 Å². The number of rotatable bonds is 13. The van der Waals surface area contributed by atoms with Crippen LogP contribution in [0.25, 0.3) is 49.7 Å². The Morgan fingerprint density at radius 1 is 0.333 bits per heavy atom. The summed E-state index contributed by atoms with van der Waals surface area (Å²) in [6.45, 7) is 0. The van der Waals surface area contributed by atoms with Crippen LogP contribution in [0.3, 0.4) is 0 Å². The third-order valence-electron chi connectivity index (χ3n) is 17.1. The summed E-state index contributed by atoms with van der Waals surface area (Å²) in [5.74, 6) is 0. The third kappa shape index (κ3) is 10.0. The molecule has 3 atom stereocenters. The molecule has 394 valence electrons. The first-order chi connectivity index (χ1) is 40.2. The second kappa shape index (κ2) is 22.5. The van der Waals surface area contributed by atoms with Crippen molar-refractivity contribution < 1.29 is 0 Å². The van der Waals surface area contributed by atoms with Crippen molar-refractivity contribution in [2.45, 2.75) is 62.8 Å². The molecule has 0 amide bonds. The van der Waals surface area contributed by atoms with Crippen molar-refractivity contribution in [1.29, 1.82) is 0 Å². The highest BCUT2D eigenvalue weighted by atomic mass is 15.3. The van der Waals surface area contributed by atoms with Gasteiger partial charge in [-0.15, -0.1) is 0 Å². The standard InChI is InChI=1S/C76H65N5/c1-8-22-58(23-9-1)75-54-72(77-76(59-24-10-2-11-25-59)81(75)66-34-20-7-21-35-66)57-40-48-69(49-41-57)80-73-50-42-60(55-36-44-67(45-37-55)78(62-26-12-3-13-27-62)63-28-14-4-15-29-63)52-70(73)71-53-61(43-51-74(71)80)56-38-46-68(47-39-56)79(64-30-16-5-17-31-64)65-32-18-6-19-33-65/h1-6,8-19,22-33,36-53,66,72,75-77H,7,20-21,34-35,54H2. The maximum absolute atomic E-state index is 4.26. The molecule has 2 heterocycles. The van der Waals surface area contributed by atoms with Crippen LogP contribution < -0.4 is 15.1 Å². The van der Waals surface area contributed by atoms with Gasteiger partial charge in [0.2, 0.25) is 0 Å². The quantitative estimate of drug-likeness (QED) is 0.124. The Bertz CT molecular complexity index is 3700. The van der Waals surface area contributed by atoms with E-state index >= 15 is 0 Å². The molecule has 5 heteroatoms. The molecular weight excluding hydrogens is 983 g/mol. The van der Waals surface area contributed by atoms with Gasteiger partial charge in [0, 0.05) is 68.7 Å². The van der Waals surface area contributed by atoms with E-state index in [0.717, 1.165) is 46.2 Å². The van der Waals surface area contributed by atoms with Gasteiger partial charge in [0.15, 0.2) is 0 Å². The fraction of sp³-hybridized carbons (Fsp3) is 0.132. The average molecular weight is 1050 g/mol. The predicted octanol–water partition coefficient (Wildman–Crippen LogP) is 20.2. The zero-order chi connectivity index (χ0) is 53.9. The van der Waals surface area contributed by atoms with Crippen molar-refractivity contribution in [2.75, 3.05) is 9.80 Å². The SMILES string of the molecule is c1ccc(C2CC(c3ccc(-n4c5ccc(-c6ccc(N(c7ccccc7)c7ccccc7)cc6)cc5c5cc(-c6ccc(N(c7ccccc7)c7ccccc7)cc6)ccc54)cc3)NC(c3ccccc3)N2C2CCCCC2)cc1. The number of benzene rings is 11. The van der Waals surface area contributed by atoms with E-state index in [1.807, 2.05) is 0 Å². The molecule has 2 fully saturated rings. The van der Waals surface area contributed by atoms with Crippen molar-refractivity contribution in [3.63, 3.8) is 0 Å². The number of hydrogen-bond donors (Lipinski definition) is 1. The Hall–Kier alpha value is -9.26. The van der Waals surface area contributed by atoms with Gasteiger partial charge < -0.3 is 14.4 Å². The van der Waals surface area contributed by atoms with Crippen LogP contribution >= 0.6 is 0 Å². The smallest absolute Gasteiger partial charge is 0.0873 e. The lowest BCUT2D eigenvalue weighted by Gasteiger charge is -2.51. The number of nitrogens with one attached hydrogen (secondary N) is 1. The Balaban J connectivity index is 0.848. The molecule has 14 rings (SSSR count). The predicted molar refractivity (Wildman–Crippen MR) is 339 cm³/mol. The topological polar surface area (TPSA) is 26.7 Å². The molecule has 0 radical (unpaired) electrons. The molecule has 1 saturated carbocycles. The van der Waals surface area contributed by atoms with Crippen molar-refractivity contribution >= 4 is 55.9 Å². The Kier molecular flexibility index (Phi) is 13.9. The second-order valence-corrected chi connectivity index (χ2v) is 21.9. The van der Waals surface area contributed by atoms with Crippen molar-refractivity contribution in [3.05, 3.63) is 308 Å². The number of nitrogens with zero attached hydrogens (tertiary/aromatic N) is 4. The van der Waals surface area contributed by atoms with Gasteiger partial charge in [-0.1, -0.05) is 201 Å². The highest BCUT2D eigenvalue weighted by Crippen LogP contribution is 2.47. The molecular formula is C76H65N5. The summed E-state index contributed by atoms with van der Waals surface area (Å²) in [5.41, 5.74) is 19.0. The van der Waals surface area contributed by atoms with E-state index in [1.165, 1.54) is 92.9 Å². The van der Waals surface area contributed by atoms with Gasteiger partial charge in [-0.05, 0) is 167 Å². The summed E-state index contributed by atoms with van der Waals surface area (Å²) in [6, 6.07) is 108. The normalized spacial score (nSPS) is 16.8. The molecule has 2 aliphatic rings.